The highest BCUT2D eigenvalue weighted by Crippen LogP contribution is 2.21. The molecular formula is C14H12N6O3S. The summed E-state index contributed by atoms with van der Waals surface area (Å²) in [6.07, 6.45) is 3.23. The average molecular weight is 344 g/mol. The van der Waals surface area contributed by atoms with Crippen LogP contribution in [0, 0.1) is 0 Å². The van der Waals surface area contributed by atoms with E-state index in [9.17, 15) is 14.7 Å². The summed E-state index contributed by atoms with van der Waals surface area (Å²) in [6, 6.07) is 6.87. The molecule has 0 radical (unpaired) electrons. The monoisotopic (exact) mass is 344 g/mol. The van der Waals surface area contributed by atoms with Crippen molar-refractivity contribution in [2.45, 2.75) is 5.16 Å². The summed E-state index contributed by atoms with van der Waals surface area (Å²) in [5, 5.41) is 22.6. The van der Waals surface area contributed by atoms with Gasteiger partial charge in [0.05, 0.1) is 11.9 Å². The lowest BCUT2D eigenvalue weighted by molar-refractivity contribution is 0.102. The number of rotatable bonds is 4. The van der Waals surface area contributed by atoms with Gasteiger partial charge in [-0.2, -0.15) is 4.98 Å². The number of aromatic nitrogens is 5. The molecular weight excluding hydrogens is 332 g/mol. The van der Waals surface area contributed by atoms with Gasteiger partial charge in [0.1, 0.15) is 0 Å². The minimum atomic E-state index is -0.756. The van der Waals surface area contributed by atoms with E-state index in [2.05, 4.69) is 30.7 Å². The first-order valence-corrected chi connectivity index (χ1v) is 7.96. The Balaban J connectivity index is 1.88. The molecule has 9 nitrogen and oxygen atoms in total. The molecule has 3 aromatic rings. The molecule has 0 atom stereocenters. The highest BCUT2D eigenvalue weighted by Gasteiger charge is 2.19. The fraction of sp³-hybridized carbons (Fsp3) is 0.0714. The van der Waals surface area contributed by atoms with Crippen molar-refractivity contribution in [3.8, 4) is 17.1 Å². The number of hydrogen-bond donors (Lipinski definition) is 4. The highest BCUT2D eigenvalue weighted by atomic mass is 32.2. The quantitative estimate of drug-likeness (QED) is 0.413. The molecule has 122 valence electrons. The third-order valence-electron chi connectivity index (χ3n) is 3.15. The van der Waals surface area contributed by atoms with E-state index in [-0.39, 0.29) is 5.16 Å². The SMILES string of the molecule is CSc1nc(O)c(C(=O)Nc2cccc(-c3cnn[nH]3)c2)c(=O)[nH]1. The maximum absolute atomic E-state index is 12.3. The minimum absolute atomic E-state index is 0.225. The van der Waals surface area contributed by atoms with Crippen LogP contribution in [0.25, 0.3) is 11.3 Å². The van der Waals surface area contributed by atoms with Gasteiger partial charge in [0.2, 0.25) is 5.88 Å². The van der Waals surface area contributed by atoms with Crippen LogP contribution in [0.1, 0.15) is 10.4 Å². The van der Waals surface area contributed by atoms with Gasteiger partial charge in [0.15, 0.2) is 10.7 Å². The molecule has 3 rings (SSSR count). The van der Waals surface area contributed by atoms with Gasteiger partial charge in [-0.3, -0.25) is 14.7 Å². The Kier molecular flexibility index (Phi) is 4.29. The topological polar surface area (TPSA) is 137 Å². The van der Waals surface area contributed by atoms with E-state index in [0.717, 1.165) is 17.3 Å². The molecule has 0 aliphatic carbocycles. The van der Waals surface area contributed by atoms with E-state index >= 15 is 0 Å². The van der Waals surface area contributed by atoms with Crippen LogP contribution in [0.4, 0.5) is 5.69 Å². The third kappa shape index (κ3) is 3.13. The Bertz CT molecular complexity index is 938. The van der Waals surface area contributed by atoms with Crippen LogP contribution in [-0.2, 0) is 0 Å². The predicted octanol–water partition coefficient (Wildman–Crippen LogP) is 1.23. The van der Waals surface area contributed by atoms with Gasteiger partial charge in [-0.05, 0) is 18.4 Å². The normalized spacial score (nSPS) is 10.5. The second-order valence-corrected chi connectivity index (χ2v) is 5.47. The van der Waals surface area contributed by atoms with Crippen LogP contribution in [0.15, 0.2) is 40.4 Å². The molecule has 10 heteroatoms. The number of aromatic amines is 2. The first-order chi connectivity index (χ1) is 11.6. The van der Waals surface area contributed by atoms with Crippen molar-refractivity contribution in [3.63, 3.8) is 0 Å². The third-order valence-corrected chi connectivity index (χ3v) is 3.73. The standard InChI is InChI=1S/C14H12N6O3S/c1-24-14-17-12(22)10(13(23)18-14)11(21)16-8-4-2-3-7(5-8)9-6-15-20-19-9/h2-6H,1H3,(H,16,21)(H,15,19,20)(H2,17,18,22,23). The molecule has 0 unspecified atom stereocenters. The summed E-state index contributed by atoms with van der Waals surface area (Å²) in [6.45, 7) is 0. The van der Waals surface area contributed by atoms with E-state index in [1.165, 1.54) is 0 Å². The summed E-state index contributed by atoms with van der Waals surface area (Å²) in [5.74, 6) is -1.37. The first-order valence-electron chi connectivity index (χ1n) is 6.73. The number of benzene rings is 1. The molecule has 4 N–H and O–H groups in total. The molecule has 2 aromatic heterocycles. The fourth-order valence-corrected chi connectivity index (χ4v) is 2.41. The summed E-state index contributed by atoms with van der Waals surface area (Å²) in [5.41, 5.74) is 0.726. The van der Waals surface area contributed by atoms with E-state index in [1.54, 1.807) is 30.7 Å². The van der Waals surface area contributed by atoms with Gasteiger partial charge >= 0.3 is 0 Å². The maximum Gasteiger partial charge on any atom is 0.268 e. The van der Waals surface area contributed by atoms with Crippen LogP contribution in [0.3, 0.4) is 0 Å². The second-order valence-electron chi connectivity index (χ2n) is 4.68. The van der Waals surface area contributed by atoms with Crippen LogP contribution < -0.4 is 10.9 Å². The van der Waals surface area contributed by atoms with Crippen molar-refractivity contribution in [1.29, 1.82) is 0 Å². The number of carbonyl (C=O) groups is 1. The summed E-state index contributed by atoms with van der Waals surface area (Å²) in [7, 11) is 0. The van der Waals surface area contributed by atoms with Crippen molar-refractivity contribution in [2.24, 2.45) is 0 Å². The number of carbonyl (C=O) groups excluding carboxylic acids is 1. The molecule has 0 aliphatic heterocycles. The molecule has 1 aromatic carbocycles. The predicted molar refractivity (Wildman–Crippen MR) is 88.1 cm³/mol. The number of H-pyrrole nitrogens is 2. The number of nitrogens with one attached hydrogen (secondary N) is 3. The molecule has 0 spiro atoms. The molecule has 0 saturated carbocycles. The van der Waals surface area contributed by atoms with Gasteiger partial charge in [0.25, 0.3) is 11.5 Å². The molecule has 0 bridgehead atoms. The zero-order valence-electron chi connectivity index (χ0n) is 12.4. The van der Waals surface area contributed by atoms with Gasteiger partial charge in [-0.25, -0.2) is 0 Å². The minimum Gasteiger partial charge on any atom is -0.493 e. The Morgan fingerprint density at radius 3 is 2.88 bits per heavy atom. The van der Waals surface area contributed by atoms with Crippen LogP contribution in [0.5, 0.6) is 5.88 Å². The zero-order valence-corrected chi connectivity index (χ0v) is 13.2. The Morgan fingerprint density at radius 2 is 2.21 bits per heavy atom. The summed E-state index contributed by atoms with van der Waals surface area (Å²) in [4.78, 5) is 30.4. The van der Waals surface area contributed by atoms with E-state index in [4.69, 9.17) is 0 Å². The fourth-order valence-electron chi connectivity index (χ4n) is 2.04. The lowest BCUT2D eigenvalue weighted by Gasteiger charge is -2.07. The zero-order chi connectivity index (χ0) is 17.1. The molecule has 24 heavy (non-hydrogen) atoms. The lowest BCUT2D eigenvalue weighted by atomic mass is 10.1. The first kappa shape index (κ1) is 15.7. The maximum atomic E-state index is 12.3. The number of amides is 1. The summed E-state index contributed by atoms with van der Waals surface area (Å²) < 4.78 is 0. The largest absolute Gasteiger partial charge is 0.493 e. The number of nitrogens with zero attached hydrogens (tertiary/aromatic N) is 3. The molecule has 2 heterocycles. The van der Waals surface area contributed by atoms with Gasteiger partial charge in [-0.1, -0.05) is 29.1 Å². The van der Waals surface area contributed by atoms with E-state index in [0.29, 0.717) is 11.4 Å². The van der Waals surface area contributed by atoms with Crippen molar-refractivity contribution in [1.82, 2.24) is 25.4 Å². The average Bonchev–Trinajstić information content (AvgIpc) is 3.08. The summed E-state index contributed by atoms with van der Waals surface area (Å²) >= 11 is 1.15. The Labute approximate surface area is 139 Å². The van der Waals surface area contributed by atoms with Crippen molar-refractivity contribution < 1.29 is 9.90 Å². The van der Waals surface area contributed by atoms with E-state index < -0.39 is 22.9 Å². The lowest BCUT2D eigenvalue weighted by Crippen LogP contribution is -2.24. The number of aromatic hydroxyl groups is 1. The van der Waals surface area contributed by atoms with E-state index in [1.807, 2.05) is 6.07 Å². The van der Waals surface area contributed by atoms with Gasteiger partial charge in [-0.15, -0.1) is 5.10 Å². The second kappa shape index (κ2) is 6.54. The smallest absolute Gasteiger partial charge is 0.268 e. The Hall–Kier alpha value is -3.14. The number of anilines is 1. The molecule has 0 aliphatic rings. The van der Waals surface area contributed by atoms with Gasteiger partial charge in [0, 0.05) is 11.3 Å². The van der Waals surface area contributed by atoms with Crippen molar-refractivity contribution in [3.05, 3.63) is 46.4 Å². The number of thioether (sulfide) groups is 1. The van der Waals surface area contributed by atoms with Crippen LogP contribution >= 0.6 is 11.8 Å². The molecule has 0 fully saturated rings. The Morgan fingerprint density at radius 1 is 1.38 bits per heavy atom. The van der Waals surface area contributed by atoms with Crippen LogP contribution in [-0.4, -0.2) is 42.6 Å². The van der Waals surface area contributed by atoms with Crippen molar-refractivity contribution >= 4 is 23.4 Å². The number of hydrogen-bond acceptors (Lipinski definition) is 7. The van der Waals surface area contributed by atoms with Gasteiger partial charge < -0.3 is 15.4 Å². The highest BCUT2D eigenvalue weighted by molar-refractivity contribution is 7.98. The molecule has 0 saturated heterocycles. The molecule has 1 amide bonds. The van der Waals surface area contributed by atoms with Crippen molar-refractivity contribution in [2.75, 3.05) is 11.6 Å². The van der Waals surface area contributed by atoms with Crippen LogP contribution in [0.2, 0.25) is 0 Å².